The second kappa shape index (κ2) is 9.57. The molecule has 1 fully saturated rings. The van der Waals surface area contributed by atoms with Gasteiger partial charge in [-0.1, -0.05) is 18.2 Å². The van der Waals surface area contributed by atoms with E-state index in [4.69, 9.17) is 9.47 Å². The van der Waals surface area contributed by atoms with Crippen LogP contribution in [0.25, 0.3) is 27.8 Å². The number of methoxy groups -OCH3 is 1. The van der Waals surface area contributed by atoms with Crippen LogP contribution in [0.15, 0.2) is 55.2 Å². The molecule has 0 atom stereocenters. The van der Waals surface area contributed by atoms with E-state index in [-0.39, 0.29) is 11.9 Å². The average molecular weight is 477 g/mol. The maximum atomic E-state index is 15.0. The number of pyridine rings is 1. The number of benzene rings is 1. The molecule has 0 radical (unpaired) electrons. The Morgan fingerprint density at radius 1 is 1.09 bits per heavy atom. The standard InChI is InChI=1S/C25H25FN6O3/c1-3-35-25(33)31-10-8-30(9-11-31)23-22-20(19-6-4-5-7-21(19)26)15-32(24(22)29-16-28-23)17-12-18(34-2)14-27-13-17/h4-7,12-16H,3,8-11H2,1-2H3. The largest absolute Gasteiger partial charge is 0.495 e. The Balaban J connectivity index is 1.63. The summed E-state index contributed by atoms with van der Waals surface area (Å²) in [7, 11) is 1.58. The van der Waals surface area contributed by atoms with Gasteiger partial charge in [0.15, 0.2) is 5.65 Å². The lowest BCUT2D eigenvalue weighted by Crippen LogP contribution is -2.49. The van der Waals surface area contributed by atoms with E-state index < -0.39 is 0 Å². The highest BCUT2D eigenvalue weighted by molar-refractivity contribution is 6.02. The molecule has 10 heteroatoms. The van der Waals surface area contributed by atoms with Crippen LogP contribution in [0.2, 0.25) is 0 Å². The predicted octanol–water partition coefficient (Wildman–Crippen LogP) is 3.91. The molecule has 4 heterocycles. The summed E-state index contributed by atoms with van der Waals surface area (Å²) in [4.78, 5) is 29.3. The van der Waals surface area contributed by atoms with Crippen LogP contribution in [0.5, 0.6) is 5.75 Å². The molecule has 1 saturated heterocycles. The third-order valence-corrected chi connectivity index (χ3v) is 6.04. The lowest BCUT2D eigenvalue weighted by molar-refractivity contribution is 0.105. The van der Waals surface area contributed by atoms with E-state index in [1.807, 2.05) is 16.8 Å². The Kier molecular flexibility index (Phi) is 6.17. The van der Waals surface area contributed by atoms with Gasteiger partial charge in [0.25, 0.3) is 0 Å². The maximum Gasteiger partial charge on any atom is 0.409 e. The Bertz CT molecular complexity index is 1370. The number of carbonyl (C=O) groups is 1. The number of hydrogen-bond donors (Lipinski definition) is 0. The third kappa shape index (κ3) is 4.23. The van der Waals surface area contributed by atoms with Gasteiger partial charge in [-0.25, -0.2) is 19.2 Å². The number of hydrogen-bond acceptors (Lipinski definition) is 7. The predicted molar refractivity (Wildman–Crippen MR) is 129 cm³/mol. The molecule has 4 aromatic rings. The minimum absolute atomic E-state index is 0.316. The second-order valence-corrected chi connectivity index (χ2v) is 8.04. The Morgan fingerprint density at radius 3 is 2.63 bits per heavy atom. The molecule has 0 N–H and O–H groups in total. The number of nitrogens with zero attached hydrogens (tertiary/aromatic N) is 6. The number of carbonyl (C=O) groups excluding carboxylic acids is 1. The fourth-order valence-electron chi connectivity index (χ4n) is 4.33. The van der Waals surface area contributed by atoms with Gasteiger partial charge >= 0.3 is 6.09 Å². The first-order valence-electron chi connectivity index (χ1n) is 11.4. The van der Waals surface area contributed by atoms with Crippen molar-refractivity contribution in [1.82, 2.24) is 24.4 Å². The van der Waals surface area contributed by atoms with Crippen LogP contribution in [0.4, 0.5) is 15.0 Å². The van der Waals surface area contributed by atoms with Gasteiger partial charge in [-0.3, -0.25) is 9.55 Å². The molecule has 5 rings (SSSR count). The van der Waals surface area contributed by atoms with Crippen molar-refractivity contribution < 1.29 is 18.7 Å². The number of amides is 1. The highest BCUT2D eigenvalue weighted by Crippen LogP contribution is 2.38. The van der Waals surface area contributed by atoms with Crippen LogP contribution in [-0.2, 0) is 4.74 Å². The molecule has 180 valence electrons. The zero-order chi connectivity index (χ0) is 24.4. The molecule has 1 aliphatic rings. The molecular formula is C25H25FN6O3. The number of halogens is 1. The van der Waals surface area contributed by atoms with E-state index in [1.54, 1.807) is 49.5 Å². The molecule has 0 aliphatic carbocycles. The smallest absolute Gasteiger partial charge is 0.409 e. The van der Waals surface area contributed by atoms with Crippen LogP contribution < -0.4 is 9.64 Å². The van der Waals surface area contributed by atoms with Crippen molar-refractivity contribution in [1.29, 1.82) is 0 Å². The zero-order valence-electron chi connectivity index (χ0n) is 19.5. The summed E-state index contributed by atoms with van der Waals surface area (Å²) < 4.78 is 27.3. The minimum atomic E-state index is -0.336. The van der Waals surface area contributed by atoms with Crippen molar-refractivity contribution in [3.63, 3.8) is 0 Å². The number of piperazine rings is 1. The van der Waals surface area contributed by atoms with Gasteiger partial charge in [0.05, 0.1) is 37.2 Å². The molecule has 9 nitrogen and oxygen atoms in total. The number of ether oxygens (including phenoxy) is 2. The number of anilines is 1. The van der Waals surface area contributed by atoms with Gasteiger partial charge in [-0.15, -0.1) is 0 Å². The second-order valence-electron chi connectivity index (χ2n) is 8.04. The van der Waals surface area contributed by atoms with E-state index in [0.717, 1.165) is 11.1 Å². The van der Waals surface area contributed by atoms with Gasteiger partial charge in [-0.05, 0) is 13.0 Å². The fraction of sp³-hybridized carbons (Fsp3) is 0.280. The van der Waals surface area contributed by atoms with E-state index in [1.165, 1.54) is 12.4 Å². The Morgan fingerprint density at radius 2 is 1.89 bits per heavy atom. The van der Waals surface area contributed by atoms with E-state index in [9.17, 15) is 9.18 Å². The molecule has 3 aromatic heterocycles. The number of rotatable bonds is 5. The van der Waals surface area contributed by atoms with E-state index in [2.05, 4.69) is 19.9 Å². The molecule has 1 aromatic carbocycles. The number of fused-ring (bicyclic) bond motifs is 1. The molecule has 0 unspecified atom stereocenters. The summed E-state index contributed by atoms with van der Waals surface area (Å²) >= 11 is 0. The van der Waals surface area contributed by atoms with Crippen molar-refractivity contribution in [2.24, 2.45) is 0 Å². The molecule has 1 aliphatic heterocycles. The summed E-state index contributed by atoms with van der Waals surface area (Å²) in [6.07, 6.45) is 6.37. The summed E-state index contributed by atoms with van der Waals surface area (Å²) in [5.74, 6) is 0.949. The van der Waals surface area contributed by atoms with Crippen molar-refractivity contribution in [2.75, 3.05) is 44.8 Å². The first-order chi connectivity index (χ1) is 17.1. The SMILES string of the molecule is CCOC(=O)N1CCN(c2ncnc3c2c(-c2ccccc2F)cn3-c2cncc(OC)c2)CC1. The van der Waals surface area contributed by atoms with Gasteiger partial charge in [0, 0.05) is 49.6 Å². The van der Waals surface area contributed by atoms with Crippen molar-refractivity contribution >= 4 is 22.9 Å². The number of aromatic nitrogens is 4. The van der Waals surface area contributed by atoms with Gasteiger partial charge in [0.1, 0.15) is 23.7 Å². The van der Waals surface area contributed by atoms with Crippen LogP contribution in [0, 0.1) is 5.82 Å². The minimum Gasteiger partial charge on any atom is -0.495 e. The third-order valence-electron chi connectivity index (χ3n) is 6.04. The van der Waals surface area contributed by atoms with Gasteiger partial charge < -0.3 is 19.3 Å². The highest BCUT2D eigenvalue weighted by Gasteiger charge is 2.27. The zero-order valence-corrected chi connectivity index (χ0v) is 19.5. The molecule has 1 amide bonds. The van der Waals surface area contributed by atoms with Gasteiger partial charge in [-0.2, -0.15) is 0 Å². The lowest BCUT2D eigenvalue weighted by Gasteiger charge is -2.35. The van der Waals surface area contributed by atoms with Gasteiger partial charge in [0.2, 0.25) is 0 Å². The topological polar surface area (TPSA) is 85.6 Å². The maximum absolute atomic E-state index is 15.0. The summed E-state index contributed by atoms with van der Waals surface area (Å²) in [6.45, 7) is 4.25. The van der Waals surface area contributed by atoms with Crippen LogP contribution in [0.1, 0.15) is 6.92 Å². The normalized spacial score (nSPS) is 13.8. The Labute approximate surface area is 201 Å². The quantitative estimate of drug-likeness (QED) is 0.432. The summed E-state index contributed by atoms with van der Waals surface area (Å²) in [5.41, 5.74) is 2.47. The highest BCUT2D eigenvalue weighted by atomic mass is 19.1. The summed E-state index contributed by atoms with van der Waals surface area (Å²) in [6, 6.07) is 8.49. The summed E-state index contributed by atoms with van der Waals surface area (Å²) in [5, 5.41) is 0.727. The average Bonchev–Trinajstić information content (AvgIpc) is 3.29. The van der Waals surface area contributed by atoms with Crippen LogP contribution in [-0.4, -0.2) is 70.4 Å². The van der Waals surface area contributed by atoms with Crippen LogP contribution >= 0.6 is 0 Å². The molecule has 35 heavy (non-hydrogen) atoms. The fourth-order valence-corrected chi connectivity index (χ4v) is 4.33. The first kappa shape index (κ1) is 22.6. The Hall–Kier alpha value is -4.21. The lowest BCUT2D eigenvalue weighted by atomic mass is 10.1. The molecular weight excluding hydrogens is 451 g/mol. The molecule has 0 bridgehead atoms. The molecule has 0 spiro atoms. The van der Waals surface area contributed by atoms with Crippen molar-refractivity contribution in [3.8, 4) is 22.6 Å². The van der Waals surface area contributed by atoms with E-state index in [0.29, 0.717) is 61.1 Å². The van der Waals surface area contributed by atoms with Crippen molar-refractivity contribution in [3.05, 3.63) is 61.1 Å². The van der Waals surface area contributed by atoms with Crippen LogP contribution in [0.3, 0.4) is 0 Å². The molecule has 0 saturated carbocycles. The van der Waals surface area contributed by atoms with E-state index >= 15 is 0 Å². The first-order valence-corrected chi connectivity index (χ1v) is 11.4. The monoisotopic (exact) mass is 476 g/mol. The van der Waals surface area contributed by atoms with Crippen molar-refractivity contribution in [2.45, 2.75) is 6.92 Å².